The lowest BCUT2D eigenvalue weighted by Gasteiger charge is -2.42. The zero-order valence-electron chi connectivity index (χ0n) is 53.4. The predicted octanol–water partition coefficient (Wildman–Crippen LogP) is 8.70. The number of benzene rings is 5. The molecule has 506 valence electrons. The summed E-state index contributed by atoms with van der Waals surface area (Å²) in [6.45, 7) is 11.1. The lowest BCUT2D eigenvalue weighted by Crippen LogP contribution is -2.56. The van der Waals surface area contributed by atoms with Gasteiger partial charge in [0, 0.05) is 175 Å². The monoisotopic (exact) mass is 1450 g/mol. The number of halogens is 4. The van der Waals surface area contributed by atoms with Crippen LogP contribution >= 0.6 is 50.7 Å². The number of nitrogens with one attached hydrogen (secondary N) is 5. The molecule has 1 spiro atoms. The Hall–Kier alpha value is -7.76. The largest absolute Gasteiger partial charge is 0.394 e. The van der Waals surface area contributed by atoms with Gasteiger partial charge in [-0.15, -0.1) is 0 Å². The fourth-order valence-corrected chi connectivity index (χ4v) is 16.7. The van der Waals surface area contributed by atoms with Crippen LogP contribution in [0.1, 0.15) is 45.4 Å². The molecule has 8 fully saturated rings. The Morgan fingerprint density at radius 1 is 0.604 bits per heavy atom. The van der Waals surface area contributed by atoms with Crippen LogP contribution in [0.3, 0.4) is 0 Å². The van der Waals surface area contributed by atoms with E-state index in [1.54, 1.807) is 33.7 Å². The molecule has 8 aliphatic heterocycles. The lowest BCUT2D eigenvalue weighted by atomic mass is 9.87. The molecule has 1 unspecified atom stereocenters. The first kappa shape index (κ1) is 66.8. The Morgan fingerprint density at radius 3 is 1.64 bits per heavy atom. The molecule has 96 heavy (non-hydrogen) atoms. The molecule has 8 saturated heterocycles. The van der Waals surface area contributed by atoms with Gasteiger partial charge >= 0.3 is 6.03 Å². The Kier molecular flexibility index (Phi) is 19.5. The molecule has 12 heterocycles. The quantitative estimate of drug-likeness (QED) is 0.0776. The second-order valence-corrected chi connectivity index (χ2v) is 29.9. The van der Waals surface area contributed by atoms with Gasteiger partial charge in [0.2, 0.25) is 21.8 Å². The van der Waals surface area contributed by atoms with E-state index in [2.05, 4.69) is 92.6 Å². The van der Waals surface area contributed by atoms with Crippen LogP contribution in [0.2, 0.25) is 15.1 Å². The summed E-state index contributed by atoms with van der Waals surface area (Å²) in [5.41, 5.74) is 7.76. The first-order valence-electron chi connectivity index (χ1n) is 32.3. The average molecular weight is 1450 g/mol. The number of carbonyl (C=O) groups is 4. The first-order chi connectivity index (χ1) is 46.2. The van der Waals surface area contributed by atoms with Crippen LogP contribution in [0.25, 0.3) is 43.6 Å². The van der Waals surface area contributed by atoms with Crippen LogP contribution in [0, 0.1) is 5.92 Å². The number of para-hydroxylation sites is 1. The van der Waals surface area contributed by atoms with Crippen LogP contribution in [0.15, 0.2) is 108 Å². The third kappa shape index (κ3) is 13.8. The predicted molar refractivity (Wildman–Crippen MR) is 379 cm³/mol. The number of fused-ring (bicyclic) bond motifs is 8. The topological polar surface area (TPSA) is 279 Å². The van der Waals surface area contributed by atoms with Crippen molar-refractivity contribution in [1.82, 2.24) is 65.1 Å². The minimum Gasteiger partial charge on any atom is -0.394 e. The SMILES string of the molecule is CC(=O)N1CCN(c2cc(Cl)cc3[nH]ncc23)CC1CO.CN1C(=O)[C@@H]2CC[C@H]1CN(c1cc(Br)cc3[nH]ncc13)C2.CS(=O)(=O)N1CCN(C2CCN(c3cc(Cl)cc4[nH]ncc34)CC2)CC1.O=C1NC2(CCN(c3cc(Cl)cc4[nH]ncc34)CC2)C(=O)N1c1ccccc1. The maximum absolute atomic E-state index is 13.1. The van der Waals surface area contributed by atoms with E-state index in [4.69, 9.17) is 34.8 Å². The molecule has 5 aromatic carbocycles. The maximum Gasteiger partial charge on any atom is 0.329 e. The van der Waals surface area contributed by atoms with Gasteiger partial charge in [-0.3, -0.25) is 39.7 Å². The number of aromatic amines is 4. The molecule has 25 nitrogen and oxygen atoms in total. The highest BCUT2D eigenvalue weighted by Crippen LogP contribution is 2.40. The van der Waals surface area contributed by atoms with E-state index in [0.717, 1.165) is 141 Å². The van der Waals surface area contributed by atoms with Gasteiger partial charge in [-0.2, -0.15) is 24.7 Å². The van der Waals surface area contributed by atoms with Gasteiger partial charge in [0.15, 0.2) is 0 Å². The minimum atomic E-state index is -3.07. The van der Waals surface area contributed by atoms with Crippen molar-refractivity contribution in [2.45, 2.75) is 69.1 Å². The number of hydrogen-bond donors (Lipinski definition) is 6. The molecule has 6 N–H and O–H groups in total. The van der Waals surface area contributed by atoms with Crippen LogP contribution in [-0.4, -0.2) is 226 Å². The van der Waals surface area contributed by atoms with Crippen molar-refractivity contribution in [3.8, 4) is 0 Å². The molecule has 30 heteroatoms. The summed E-state index contributed by atoms with van der Waals surface area (Å²) in [6.07, 6.45) is 13.9. The number of rotatable bonds is 8. The number of sulfonamides is 1. The van der Waals surface area contributed by atoms with Gasteiger partial charge < -0.3 is 39.8 Å². The summed E-state index contributed by atoms with van der Waals surface area (Å²) in [5.74, 6) is 0.234. The van der Waals surface area contributed by atoms with E-state index in [0.29, 0.717) is 92.4 Å². The summed E-state index contributed by atoms with van der Waals surface area (Å²) in [5, 5.41) is 47.0. The van der Waals surface area contributed by atoms with Crippen LogP contribution < -0.4 is 29.8 Å². The zero-order chi connectivity index (χ0) is 67.2. The van der Waals surface area contributed by atoms with E-state index < -0.39 is 15.6 Å². The molecular weight excluding hydrogens is 1380 g/mol. The highest BCUT2D eigenvalue weighted by atomic mass is 79.9. The smallest absolute Gasteiger partial charge is 0.329 e. The number of anilines is 5. The van der Waals surface area contributed by atoms with E-state index in [-0.39, 0.29) is 36.4 Å². The van der Waals surface area contributed by atoms with Gasteiger partial charge in [0.25, 0.3) is 5.91 Å². The summed E-state index contributed by atoms with van der Waals surface area (Å²) in [6, 6.07) is 24.9. The van der Waals surface area contributed by atoms with Gasteiger partial charge in [0.05, 0.1) is 77.4 Å². The number of nitrogens with zero attached hydrogens (tertiary/aromatic N) is 13. The second kappa shape index (κ2) is 28.0. The van der Waals surface area contributed by atoms with Gasteiger partial charge in [-0.05, 0) is 99.2 Å². The number of aliphatic hydroxyl groups is 1. The molecule has 5 amide bonds. The molecule has 4 aromatic heterocycles. The number of aromatic nitrogens is 8. The van der Waals surface area contributed by atoms with E-state index in [9.17, 15) is 32.7 Å². The number of piperazine rings is 2. The minimum absolute atomic E-state index is 0.00625. The van der Waals surface area contributed by atoms with Gasteiger partial charge in [0.1, 0.15) is 5.54 Å². The highest BCUT2D eigenvalue weighted by molar-refractivity contribution is 9.10. The number of H-pyrrole nitrogens is 4. The van der Waals surface area contributed by atoms with Crippen LogP contribution in [0.5, 0.6) is 0 Å². The van der Waals surface area contributed by atoms with Crippen molar-refractivity contribution in [3.63, 3.8) is 0 Å². The number of imide groups is 1. The van der Waals surface area contributed by atoms with Crippen LogP contribution in [-0.2, 0) is 24.4 Å². The number of likely N-dealkylation sites (N-methyl/N-ethyl adjacent to an activating group) is 1. The third-order valence-electron chi connectivity index (χ3n) is 19.9. The second-order valence-electron chi connectivity index (χ2n) is 25.7. The molecule has 17 rings (SSSR count). The van der Waals surface area contributed by atoms with E-state index in [1.165, 1.54) is 18.1 Å². The summed E-state index contributed by atoms with van der Waals surface area (Å²) < 4.78 is 25.9. The van der Waals surface area contributed by atoms with Crippen molar-refractivity contribution >= 4 is 157 Å². The van der Waals surface area contributed by atoms with Gasteiger partial charge in [-0.1, -0.05) is 68.9 Å². The number of amides is 5. The highest BCUT2D eigenvalue weighted by Gasteiger charge is 2.53. The maximum atomic E-state index is 13.1. The molecule has 0 saturated carbocycles. The summed E-state index contributed by atoms with van der Waals surface area (Å²) >= 11 is 22.3. The number of urea groups is 1. The third-order valence-corrected chi connectivity index (χ3v) is 22.4. The zero-order valence-corrected chi connectivity index (χ0v) is 58.1. The molecule has 3 atom stereocenters. The van der Waals surface area contributed by atoms with Crippen molar-refractivity contribution in [1.29, 1.82) is 0 Å². The first-order valence-corrected chi connectivity index (χ1v) is 36.1. The number of piperidine rings is 3. The van der Waals surface area contributed by atoms with Crippen LogP contribution in [0.4, 0.5) is 33.2 Å². The molecule has 8 aliphatic rings. The Labute approximate surface area is 578 Å². The number of hydrogen-bond acceptors (Lipinski definition) is 16. The fraction of sp³-hybridized carbons (Fsp3) is 0.424. The van der Waals surface area contributed by atoms with Crippen molar-refractivity contribution in [3.05, 3.63) is 123 Å². The molecular formula is C66H76BrCl3N18O7S. The Balaban J connectivity index is 0.000000117. The summed E-state index contributed by atoms with van der Waals surface area (Å²) in [7, 11) is -1.13. The van der Waals surface area contributed by atoms with Crippen molar-refractivity contribution in [2.75, 3.05) is 129 Å². The molecule has 0 radical (unpaired) electrons. The molecule has 0 aliphatic carbocycles. The van der Waals surface area contributed by atoms with E-state index >= 15 is 0 Å². The fourth-order valence-electron chi connectivity index (χ4n) is 14.8. The van der Waals surface area contributed by atoms with Crippen molar-refractivity contribution < 1.29 is 32.7 Å². The van der Waals surface area contributed by atoms with Crippen molar-refractivity contribution in [2.24, 2.45) is 5.92 Å². The summed E-state index contributed by atoms with van der Waals surface area (Å²) in [4.78, 5) is 66.1. The number of aliphatic hydroxyl groups excluding tert-OH is 1. The molecule has 2 bridgehead atoms. The Morgan fingerprint density at radius 2 is 1.11 bits per heavy atom. The van der Waals surface area contributed by atoms with Gasteiger partial charge in [-0.25, -0.2) is 18.1 Å². The lowest BCUT2D eigenvalue weighted by molar-refractivity contribution is -0.138. The normalized spacial score (nSPS) is 21.2. The standard InChI is InChI=1S/C20H18ClN5O2.C17H24ClN5O2S.C15H17BrN4O.C14H17ClN4O2/c21-13-10-16-15(12-22-24-16)17(11-13)25-8-6-20(7-9-25)18(27)26(19(28)23-20)14-4-2-1-3-5-14;1-26(24,25)23-8-6-21(7-9-23)14-2-4-22(5-3-14)17-11-13(18)10-16-15(17)12-19-20-16;1-19-11-3-2-9(15(19)21)7-20(8-11)14-5-10(16)4-13-12(14)6-17-18-13;1-9(21)19-3-2-18(7-11(19)8-20)14-5-10(15)4-13-12(14)6-16-17-13/h1-5,10-12H,6-9H2,(H,22,24)(H,23,28);10-12,14H,2-9H2,1H3,(H,19,20);4-6,9,11H,2-3,7-8H2,1H3,(H,17,18);4-6,11,20H,2-3,7-8H2,1H3,(H,16,17)/t;;9-,11+;/m..1./s1. The molecule has 9 aromatic rings. The van der Waals surface area contributed by atoms with E-state index in [1.807, 2.05) is 85.0 Å². The Bertz CT molecular complexity index is 4460. The number of carbonyl (C=O) groups excluding carboxylic acids is 4. The average Bonchev–Trinajstić information content (AvgIpc) is 1.58.